The smallest absolute Gasteiger partial charge is 0.348 e. The highest BCUT2D eigenvalue weighted by Crippen LogP contribution is 2.30. The largest absolute Gasteiger partial charge is 0.379 e. The highest BCUT2D eigenvalue weighted by molar-refractivity contribution is 7.19. The van der Waals surface area contributed by atoms with Crippen molar-refractivity contribution < 1.29 is 28.7 Å². The van der Waals surface area contributed by atoms with E-state index in [9.17, 15) is 19.7 Å². The molecule has 4 N–H and O–H groups in total. The predicted octanol–water partition coefficient (Wildman–Crippen LogP) is 1.95. The number of carbonyl (C=O) groups excluding carboxylic acids is 2. The quantitative estimate of drug-likeness (QED) is 0.195. The Morgan fingerprint density at radius 3 is 2.33 bits per heavy atom. The van der Waals surface area contributed by atoms with E-state index in [-0.39, 0.29) is 40.3 Å². The maximum atomic E-state index is 12.6. The van der Waals surface area contributed by atoms with Gasteiger partial charge in [-0.15, -0.1) is 0 Å². The molecule has 0 aliphatic rings. The van der Waals surface area contributed by atoms with Crippen molar-refractivity contribution in [3.8, 4) is 0 Å². The summed E-state index contributed by atoms with van der Waals surface area (Å²) in [6, 6.07) is 6.44. The first-order chi connectivity index (χ1) is 15.9. The maximum absolute atomic E-state index is 12.6. The molecule has 2 rings (SSSR count). The lowest BCUT2D eigenvalue weighted by Gasteiger charge is -2.11. The maximum Gasteiger partial charge on any atom is 0.348 e. The summed E-state index contributed by atoms with van der Waals surface area (Å²) >= 11 is 0.766. The third kappa shape index (κ3) is 9.19. The van der Waals surface area contributed by atoms with Gasteiger partial charge in [0.25, 0.3) is 5.91 Å². The van der Waals surface area contributed by atoms with Gasteiger partial charge >= 0.3 is 5.00 Å². The minimum absolute atomic E-state index is 0.0907. The Labute approximate surface area is 194 Å². The second-order valence-corrected chi connectivity index (χ2v) is 7.57. The van der Waals surface area contributed by atoms with Crippen LogP contribution in [0.4, 0.5) is 15.8 Å². The molecule has 0 bridgehead atoms. The first-order valence-electron chi connectivity index (χ1n) is 10.2. The van der Waals surface area contributed by atoms with Gasteiger partial charge in [0, 0.05) is 6.54 Å². The van der Waals surface area contributed by atoms with E-state index in [1.165, 1.54) is 13.0 Å². The van der Waals surface area contributed by atoms with Gasteiger partial charge in [-0.3, -0.25) is 25.0 Å². The van der Waals surface area contributed by atoms with Crippen LogP contribution in [-0.4, -0.2) is 67.9 Å². The van der Waals surface area contributed by atoms with E-state index in [0.29, 0.717) is 45.3 Å². The van der Waals surface area contributed by atoms with Crippen molar-refractivity contribution in [3.63, 3.8) is 0 Å². The molecule has 0 saturated carbocycles. The van der Waals surface area contributed by atoms with Gasteiger partial charge < -0.3 is 25.3 Å². The molecule has 2 amide bonds. The number of ether oxygens (including phenoxy) is 3. The van der Waals surface area contributed by atoms with Gasteiger partial charge in [-0.1, -0.05) is 12.1 Å². The number of hydrogen-bond donors (Lipinski definition) is 3. The number of para-hydroxylation sites is 1. The van der Waals surface area contributed by atoms with Crippen LogP contribution >= 0.6 is 11.3 Å². The van der Waals surface area contributed by atoms with Crippen LogP contribution < -0.4 is 16.4 Å². The lowest BCUT2D eigenvalue weighted by atomic mass is 10.1. The van der Waals surface area contributed by atoms with Gasteiger partial charge in [-0.05, 0) is 30.4 Å². The summed E-state index contributed by atoms with van der Waals surface area (Å²) in [4.78, 5) is 39.3. The highest BCUT2D eigenvalue weighted by Gasteiger charge is 2.20. The Balaban J connectivity index is 1.77. The highest BCUT2D eigenvalue weighted by atomic mass is 32.1. The van der Waals surface area contributed by atoms with Gasteiger partial charge in [0.15, 0.2) is 5.13 Å². The molecular formula is C20H27N5O7S. The van der Waals surface area contributed by atoms with Gasteiger partial charge in [-0.25, -0.2) is 4.98 Å². The molecule has 12 nitrogen and oxygen atoms in total. The Hall–Kier alpha value is -2.97. The van der Waals surface area contributed by atoms with Crippen molar-refractivity contribution in [2.24, 2.45) is 5.73 Å². The standard InChI is InChI=1S/C20H27N5O7S/c1-14-19(25(28)29)33-20(22-14)24-18(27)15-4-2-3-5-16(15)23-17(26)6-8-30-10-12-32-13-11-31-9-7-21/h2-5H,6-13,21H2,1H3,(H,23,26)(H,22,24,27). The number of aryl methyl sites for hydroxylation is 1. The van der Waals surface area contributed by atoms with Crippen molar-refractivity contribution >= 4 is 39.0 Å². The number of rotatable bonds is 15. The second-order valence-electron chi connectivity index (χ2n) is 6.59. The van der Waals surface area contributed by atoms with E-state index in [1.54, 1.807) is 18.2 Å². The average molecular weight is 482 g/mol. The van der Waals surface area contributed by atoms with Gasteiger partial charge in [0.1, 0.15) is 5.69 Å². The minimum Gasteiger partial charge on any atom is -0.379 e. The van der Waals surface area contributed by atoms with E-state index in [1.807, 2.05) is 0 Å². The van der Waals surface area contributed by atoms with Crippen molar-refractivity contribution in [2.75, 3.05) is 56.8 Å². The number of hydrogen-bond acceptors (Lipinski definition) is 10. The fourth-order valence-corrected chi connectivity index (χ4v) is 3.35. The minimum atomic E-state index is -0.553. The van der Waals surface area contributed by atoms with Crippen molar-refractivity contribution in [3.05, 3.63) is 45.6 Å². The van der Waals surface area contributed by atoms with E-state index in [0.717, 1.165) is 11.3 Å². The van der Waals surface area contributed by atoms with Crippen LogP contribution in [0.5, 0.6) is 0 Å². The van der Waals surface area contributed by atoms with E-state index >= 15 is 0 Å². The van der Waals surface area contributed by atoms with Crippen LogP contribution in [0, 0.1) is 17.0 Å². The molecule has 0 aliphatic heterocycles. The predicted molar refractivity (Wildman–Crippen MR) is 123 cm³/mol. The average Bonchev–Trinajstić information content (AvgIpc) is 3.15. The van der Waals surface area contributed by atoms with E-state index in [2.05, 4.69) is 15.6 Å². The number of amides is 2. The van der Waals surface area contributed by atoms with Gasteiger partial charge in [0.2, 0.25) is 5.91 Å². The lowest BCUT2D eigenvalue weighted by molar-refractivity contribution is -0.380. The molecule has 0 unspecified atom stereocenters. The number of nitrogens with zero attached hydrogens (tertiary/aromatic N) is 2. The van der Waals surface area contributed by atoms with E-state index in [4.69, 9.17) is 19.9 Å². The number of nitrogens with two attached hydrogens (primary N) is 1. The first kappa shape index (κ1) is 26.3. The number of nitro groups is 1. The molecule has 1 aromatic heterocycles. The fourth-order valence-electron chi connectivity index (χ4n) is 2.57. The number of carbonyl (C=O) groups is 2. The molecule has 2 aromatic rings. The summed E-state index contributed by atoms with van der Waals surface area (Å²) in [7, 11) is 0. The zero-order chi connectivity index (χ0) is 24.1. The molecule has 0 saturated heterocycles. The first-order valence-corrected chi connectivity index (χ1v) is 11.0. The van der Waals surface area contributed by atoms with Crippen LogP contribution in [-0.2, 0) is 19.0 Å². The van der Waals surface area contributed by atoms with Crippen LogP contribution in [0.25, 0.3) is 0 Å². The summed E-state index contributed by atoms with van der Waals surface area (Å²) in [6.45, 7) is 4.26. The Kier molecular flexibility index (Phi) is 11.3. The number of thiazole rings is 1. The number of anilines is 2. The second kappa shape index (κ2) is 14.2. The van der Waals surface area contributed by atoms with Crippen LogP contribution in [0.1, 0.15) is 22.5 Å². The summed E-state index contributed by atoms with van der Waals surface area (Å²) in [5, 5.41) is 16.1. The van der Waals surface area contributed by atoms with Crippen molar-refractivity contribution in [1.29, 1.82) is 0 Å². The zero-order valence-electron chi connectivity index (χ0n) is 18.2. The number of nitrogens with one attached hydrogen (secondary N) is 2. The Morgan fingerprint density at radius 2 is 1.70 bits per heavy atom. The van der Waals surface area contributed by atoms with E-state index < -0.39 is 10.8 Å². The molecule has 0 spiro atoms. The molecule has 180 valence electrons. The molecule has 13 heteroatoms. The summed E-state index contributed by atoms with van der Waals surface area (Å²) in [5.41, 5.74) is 6.03. The van der Waals surface area contributed by atoms with Crippen LogP contribution in [0.15, 0.2) is 24.3 Å². The lowest BCUT2D eigenvalue weighted by Crippen LogP contribution is -2.19. The molecular weight excluding hydrogens is 454 g/mol. The number of benzene rings is 1. The molecule has 0 radical (unpaired) electrons. The zero-order valence-corrected chi connectivity index (χ0v) is 19.0. The summed E-state index contributed by atoms with van der Waals surface area (Å²) in [6.07, 6.45) is 0.0907. The van der Waals surface area contributed by atoms with Crippen LogP contribution in [0.2, 0.25) is 0 Å². The number of aromatic nitrogens is 1. The molecule has 33 heavy (non-hydrogen) atoms. The van der Waals surface area contributed by atoms with Gasteiger partial charge in [0.05, 0.1) is 62.2 Å². The monoisotopic (exact) mass is 481 g/mol. The molecule has 1 heterocycles. The third-order valence-corrected chi connectivity index (χ3v) is 5.11. The summed E-state index contributed by atoms with van der Waals surface area (Å²) in [5.74, 6) is -0.870. The fraction of sp³-hybridized carbons (Fsp3) is 0.450. The normalized spacial score (nSPS) is 10.7. The Morgan fingerprint density at radius 1 is 1.06 bits per heavy atom. The summed E-state index contributed by atoms with van der Waals surface area (Å²) < 4.78 is 15.9. The molecule has 0 fully saturated rings. The molecule has 1 aromatic carbocycles. The molecule has 0 atom stereocenters. The topological polar surface area (TPSA) is 168 Å². The van der Waals surface area contributed by atoms with Gasteiger partial charge in [-0.2, -0.15) is 0 Å². The van der Waals surface area contributed by atoms with Crippen molar-refractivity contribution in [1.82, 2.24) is 4.98 Å². The Bertz CT molecular complexity index is 937. The third-order valence-electron chi connectivity index (χ3n) is 4.08. The molecule has 0 aliphatic carbocycles. The van der Waals surface area contributed by atoms with Crippen molar-refractivity contribution in [2.45, 2.75) is 13.3 Å². The van der Waals surface area contributed by atoms with Crippen LogP contribution in [0.3, 0.4) is 0 Å². The SMILES string of the molecule is Cc1nc(NC(=O)c2ccccc2NC(=O)CCOCCOCCOCCN)sc1[N+](=O)[O-].